The number of nitrogens with one attached hydrogen (secondary N) is 2. The molecule has 0 saturated heterocycles. The first-order valence-corrected chi connectivity index (χ1v) is 5.35. The maximum Gasteiger partial charge on any atom is 0.389 e. The molecule has 0 aromatic carbocycles. The van der Waals surface area contributed by atoms with Gasteiger partial charge in [-0.1, -0.05) is 13.8 Å². The van der Waals surface area contributed by atoms with Crippen molar-refractivity contribution in [1.82, 2.24) is 10.6 Å². The summed E-state index contributed by atoms with van der Waals surface area (Å²) in [6, 6.07) is 0.616. The third-order valence-electron chi connectivity index (χ3n) is 1.96. The molecule has 0 aliphatic carbocycles. The Morgan fingerprint density at radius 2 is 1.67 bits per heavy atom. The van der Waals surface area contributed by atoms with E-state index in [4.69, 9.17) is 0 Å². The van der Waals surface area contributed by atoms with E-state index in [1.807, 2.05) is 20.8 Å². The van der Waals surface area contributed by atoms with Crippen LogP contribution in [-0.4, -0.2) is 31.3 Å². The van der Waals surface area contributed by atoms with E-state index >= 15 is 0 Å². The van der Waals surface area contributed by atoms with Crippen molar-refractivity contribution in [2.75, 3.05) is 13.1 Å². The van der Waals surface area contributed by atoms with Gasteiger partial charge in [-0.25, -0.2) is 0 Å². The van der Waals surface area contributed by atoms with Crippen LogP contribution in [0, 0.1) is 0 Å². The van der Waals surface area contributed by atoms with Gasteiger partial charge >= 0.3 is 6.18 Å². The van der Waals surface area contributed by atoms with Gasteiger partial charge < -0.3 is 10.6 Å². The van der Waals surface area contributed by atoms with Gasteiger partial charge in [0, 0.05) is 25.0 Å². The minimum absolute atomic E-state index is 0.148. The molecule has 92 valence electrons. The highest BCUT2D eigenvalue weighted by Gasteiger charge is 2.25. The molecular weight excluding hydrogens is 205 g/mol. The Bertz CT molecular complexity index is 157. The Morgan fingerprint density at radius 1 is 1.07 bits per heavy atom. The van der Waals surface area contributed by atoms with Gasteiger partial charge in [0.1, 0.15) is 0 Å². The minimum Gasteiger partial charge on any atom is -0.313 e. The number of halogens is 3. The lowest BCUT2D eigenvalue weighted by atomic mass is 10.2. The lowest BCUT2D eigenvalue weighted by Crippen LogP contribution is -2.39. The van der Waals surface area contributed by atoms with Crippen molar-refractivity contribution in [3.05, 3.63) is 0 Å². The first-order chi connectivity index (χ1) is 6.81. The summed E-state index contributed by atoms with van der Waals surface area (Å²) in [6.45, 7) is 7.24. The lowest BCUT2D eigenvalue weighted by molar-refractivity contribution is -0.135. The maximum absolute atomic E-state index is 11.8. The number of hydrogen-bond donors (Lipinski definition) is 2. The molecular formula is C10H21F3N2. The average molecular weight is 226 g/mol. The smallest absolute Gasteiger partial charge is 0.313 e. The van der Waals surface area contributed by atoms with Crippen LogP contribution in [0.15, 0.2) is 0 Å². The second kappa shape index (κ2) is 7.06. The van der Waals surface area contributed by atoms with Crippen LogP contribution in [0.1, 0.15) is 33.6 Å². The standard InChI is InChI=1S/C10H21F3N2/c1-8(2)15-7-9(3)14-6-4-5-10(11,12)13/h8-9,14-15H,4-7H2,1-3H3. The highest BCUT2D eigenvalue weighted by molar-refractivity contribution is 4.66. The molecule has 0 fully saturated rings. The van der Waals surface area contributed by atoms with Crippen LogP contribution in [0.4, 0.5) is 13.2 Å². The van der Waals surface area contributed by atoms with Crippen molar-refractivity contribution < 1.29 is 13.2 Å². The van der Waals surface area contributed by atoms with E-state index in [0.717, 1.165) is 6.54 Å². The quantitative estimate of drug-likeness (QED) is 0.651. The van der Waals surface area contributed by atoms with E-state index in [1.165, 1.54) is 0 Å². The lowest BCUT2D eigenvalue weighted by Gasteiger charge is -2.16. The van der Waals surface area contributed by atoms with Gasteiger partial charge in [-0.05, 0) is 19.9 Å². The number of hydrogen-bond acceptors (Lipinski definition) is 2. The topological polar surface area (TPSA) is 24.1 Å². The van der Waals surface area contributed by atoms with Gasteiger partial charge in [-0.2, -0.15) is 13.2 Å². The van der Waals surface area contributed by atoms with Crippen LogP contribution in [0.25, 0.3) is 0 Å². The second-order valence-electron chi connectivity index (χ2n) is 4.14. The Morgan fingerprint density at radius 3 is 2.13 bits per heavy atom. The fraction of sp³-hybridized carbons (Fsp3) is 1.00. The third kappa shape index (κ3) is 11.6. The molecule has 1 unspecified atom stereocenters. The van der Waals surface area contributed by atoms with Crippen molar-refractivity contribution in [3.63, 3.8) is 0 Å². The molecule has 0 aliphatic rings. The zero-order valence-corrected chi connectivity index (χ0v) is 9.62. The molecule has 0 amide bonds. The summed E-state index contributed by atoms with van der Waals surface area (Å²) in [5, 5.41) is 6.27. The van der Waals surface area contributed by atoms with Crippen LogP contribution in [-0.2, 0) is 0 Å². The van der Waals surface area contributed by atoms with Crippen molar-refractivity contribution in [2.45, 2.75) is 51.9 Å². The number of alkyl halides is 3. The van der Waals surface area contributed by atoms with E-state index in [-0.39, 0.29) is 12.5 Å². The monoisotopic (exact) mass is 226 g/mol. The first-order valence-electron chi connectivity index (χ1n) is 5.35. The summed E-state index contributed by atoms with van der Waals surface area (Å²) in [4.78, 5) is 0. The molecule has 0 aromatic heterocycles. The van der Waals surface area contributed by atoms with Crippen LogP contribution < -0.4 is 10.6 Å². The number of rotatable bonds is 7. The second-order valence-corrected chi connectivity index (χ2v) is 4.14. The highest BCUT2D eigenvalue weighted by atomic mass is 19.4. The molecule has 0 radical (unpaired) electrons. The van der Waals surface area contributed by atoms with Crippen LogP contribution in [0.3, 0.4) is 0 Å². The fourth-order valence-corrected chi connectivity index (χ4v) is 1.12. The summed E-state index contributed by atoms with van der Waals surface area (Å²) >= 11 is 0. The summed E-state index contributed by atoms with van der Waals surface area (Å²) < 4.78 is 35.4. The Kier molecular flexibility index (Phi) is 6.92. The SMILES string of the molecule is CC(C)NCC(C)NCCCC(F)(F)F. The average Bonchev–Trinajstić information content (AvgIpc) is 2.07. The van der Waals surface area contributed by atoms with Crippen LogP contribution >= 0.6 is 0 Å². The molecule has 2 N–H and O–H groups in total. The Labute approximate surface area is 89.6 Å². The third-order valence-corrected chi connectivity index (χ3v) is 1.96. The van der Waals surface area contributed by atoms with Crippen molar-refractivity contribution in [1.29, 1.82) is 0 Å². The van der Waals surface area contributed by atoms with Crippen molar-refractivity contribution >= 4 is 0 Å². The predicted octanol–water partition coefficient (Wildman–Crippen LogP) is 2.30. The zero-order chi connectivity index (χ0) is 11.9. The molecule has 5 heteroatoms. The summed E-state index contributed by atoms with van der Waals surface area (Å²) in [6.07, 6.45) is -4.58. The molecule has 0 spiro atoms. The van der Waals surface area contributed by atoms with Gasteiger partial charge in [0.2, 0.25) is 0 Å². The Balaban J connectivity index is 3.35. The van der Waals surface area contributed by atoms with E-state index < -0.39 is 12.6 Å². The molecule has 2 nitrogen and oxygen atoms in total. The molecule has 0 bridgehead atoms. The normalized spacial score (nSPS) is 14.6. The zero-order valence-electron chi connectivity index (χ0n) is 9.62. The largest absolute Gasteiger partial charge is 0.389 e. The molecule has 0 aromatic rings. The Hall–Kier alpha value is -0.290. The molecule has 0 heterocycles. The first kappa shape index (κ1) is 14.7. The summed E-state index contributed by atoms with van der Waals surface area (Å²) in [5.41, 5.74) is 0. The molecule has 0 aliphatic heterocycles. The molecule has 15 heavy (non-hydrogen) atoms. The van der Waals surface area contributed by atoms with E-state index in [1.54, 1.807) is 0 Å². The fourth-order valence-electron chi connectivity index (χ4n) is 1.12. The molecule has 0 saturated carbocycles. The summed E-state index contributed by atoms with van der Waals surface area (Å²) in [7, 11) is 0. The van der Waals surface area contributed by atoms with E-state index in [0.29, 0.717) is 12.6 Å². The van der Waals surface area contributed by atoms with Crippen molar-refractivity contribution in [2.24, 2.45) is 0 Å². The molecule has 1 atom stereocenters. The van der Waals surface area contributed by atoms with Gasteiger partial charge in [-0.15, -0.1) is 0 Å². The predicted molar refractivity (Wildman–Crippen MR) is 55.9 cm³/mol. The van der Waals surface area contributed by atoms with Crippen LogP contribution in [0.2, 0.25) is 0 Å². The van der Waals surface area contributed by atoms with Gasteiger partial charge in [-0.3, -0.25) is 0 Å². The van der Waals surface area contributed by atoms with E-state index in [9.17, 15) is 13.2 Å². The van der Waals surface area contributed by atoms with Gasteiger partial charge in [0.25, 0.3) is 0 Å². The van der Waals surface area contributed by atoms with E-state index in [2.05, 4.69) is 10.6 Å². The van der Waals surface area contributed by atoms with Gasteiger partial charge in [0.05, 0.1) is 0 Å². The van der Waals surface area contributed by atoms with Crippen LogP contribution in [0.5, 0.6) is 0 Å². The van der Waals surface area contributed by atoms with Gasteiger partial charge in [0.15, 0.2) is 0 Å². The molecule has 0 rings (SSSR count). The summed E-state index contributed by atoms with van der Waals surface area (Å²) in [5.74, 6) is 0. The van der Waals surface area contributed by atoms with Crippen molar-refractivity contribution in [3.8, 4) is 0 Å². The minimum atomic E-state index is -4.03. The maximum atomic E-state index is 11.8. The highest BCUT2D eigenvalue weighted by Crippen LogP contribution is 2.20.